The molecule has 2 heterocycles. The van der Waals surface area contributed by atoms with Gasteiger partial charge in [-0.25, -0.2) is 4.79 Å². The topological polar surface area (TPSA) is 69.4 Å². The summed E-state index contributed by atoms with van der Waals surface area (Å²) in [5.41, 5.74) is 3.69. The Hall–Kier alpha value is -3.28. The van der Waals surface area contributed by atoms with E-state index in [0.29, 0.717) is 17.0 Å². The average Bonchev–Trinajstić information content (AvgIpc) is 3.05. The molecule has 4 rings (SSSR count). The van der Waals surface area contributed by atoms with Gasteiger partial charge in [0.2, 0.25) is 0 Å². The number of carbonyl (C=O) groups excluding carboxylic acids is 1. The molecule has 6 nitrogen and oxygen atoms in total. The Bertz CT molecular complexity index is 1020. The van der Waals surface area contributed by atoms with Crippen molar-refractivity contribution in [2.75, 3.05) is 0 Å². The Labute approximate surface area is 131 Å². The minimum Gasteiger partial charge on any atom is -0.423 e. The normalized spacial score (nSPS) is 11.0. The third-order valence-corrected chi connectivity index (χ3v) is 3.60. The minimum absolute atomic E-state index is 0.416. The predicted octanol–water partition coefficient (Wildman–Crippen LogP) is 2.81. The number of carbonyl (C=O) groups is 1. The van der Waals surface area contributed by atoms with Crippen molar-refractivity contribution in [2.45, 2.75) is 6.92 Å². The first kappa shape index (κ1) is 13.4. The van der Waals surface area contributed by atoms with Gasteiger partial charge in [-0.1, -0.05) is 17.7 Å². The molecule has 0 atom stereocenters. The van der Waals surface area contributed by atoms with Gasteiger partial charge in [0.1, 0.15) is 12.1 Å². The molecule has 0 spiro atoms. The van der Waals surface area contributed by atoms with Crippen LogP contribution in [0.5, 0.6) is 5.75 Å². The van der Waals surface area contributed by atoms with Gasteiger partial charge in [-0.15, -0.1) is 10.2 Å². The highest BCUT2D eigenvalue weighted by Crippen LogP contribution is 2.18. The first-order chi connectivity index (χ1) is 11.2. The predicted molar refractivity (Wildman–Crippen MR) is 84.4 cm³/mol. The molecule has 0 unspecified atom stereocenters. The van der Waals surface area contributed by atoms with E-state index in [-0.39, 0.29) is 0 Å². The van der Waals surface area contributed by atoms with Gasteiger partial charge < -0.3 is 4.74 Å². The lowest BCUT2D eigenvalue weighted by molar-refractivity contribution is 0.0735. The summed E-state index contributed by atoms with van der Waals surface area (Å²) in [4.78, 5) is 16.6. The van der Waals surface area contributed by atoms with E-state index in [2.05, 4.69) is 15.2 Å². The summed E-state index contributed by atoms with van der Waals surface area (Å²) in [6.45, 7) is 1.98. The molecule has 112 valence electrons. The van der Waals surface area contributed by atoms with Crippen LogP contribution in [0.2, 0.25) is 0 Å². The van der Waals surface area contributed by atoms with E-state index in [0.717, 1.165) is 16.6 Å². The summed E-state index contributed by atoms with van der Waals surface area (Å²) in [6, 6.07) is 12.5. The van der Waals surface area contributed by atoms with Crippen LogP contribution in [0.25, 0.3) is 16.7 Å². The van der Waals surface area contributed by atoms with Gasteiger partial charge in [0.15, 0.2) is 5.65 Å². The maximum absolute atomic E-state index is 12.3. The van der Waals surface area contributed by atoms with Crippen molar-refractivity contribution in [1.82, 2.24) is 19.6 Å². The van der Waals surface area contributed by atoms with Crippen molar-refractivity contribution in [3.8, 4) is 5.75 Å². The maximum Gasteiger partial charge on any atom is 0.343 e. The number of benzene rings is 2. The van der Waals surface area contributed by atoms with Crippen molar-refractivity contribution in [1.29, 1.82) is 0 Å². The second kappa shape index (κ2) is 5.17. The molecule has 0 aliphatic carbocycles. The van der Waals surface area contributed by atoms with E-state index in [1.165, 1.54) is 0 Å². The Morgan fingerprint density at radius 1 is 1.13 bits per heavy atom. The molecule has 0 radical (unpaired) electrons. The second-order valence-corrected chi connectivity index (χ2v) is 5.22. The largest absolute Gasteiger partial charge is 0.423 e. The summed E-state index contributed by atoms with van der Waals surface area (Å²) < 4.78 is 7.18. The summed E-state index contributed by atoms with van der Waals surface area (Å²) in [5, 5.41) is 7.81. The molecular weight excluding hydrogens is 292 g/mol. The molecule has 0 saturated heterocycles. The Morgan fingerprint density at radius 3 is 2.78 bits per heavy atom. The van der Waals surface area contributed by atoms with Crippen LogP contribution in [0.4, 0.5) is 0 Å². The summed E-state index contributed by atoms with van der Waals surface area (Å²) in [6.07, 6.45) is 3.23. The lowest BCUT2D eigenvalue weighted by Crippen LogP contribution is -2.08. The van der Waals surface area contributed by atoms with Gasteiger partial charge >= 0.3 is 5.97 Å². The zero-order valence-corrected chi connectivity index (χ0v) is 12.3. The zero-order valence-electron chi connectivity index (χ0n) is 12.3. The van der Waals surface area contributed by atoms with Crippen LogP contribution in [0.1, 0.15) is 15.9 Å². The molecule has 2 aromatic heterocycles. The molecule has 23 heavy (non-hydrogen) atoms. The van der Waals surface area contributed by atoms with Crippen LogP contribution < -0.4 is 4.74 Å². The van der Waals surface area contributed by atoms with Crippen LogP contribution in [0.15, 0.2) is 55.0 Å². The molecule has 4 aromatic rings. The van der Waals surface area contributed by atoms with E-state index in [4.69, 9.17) is 4.74 Å². The Kier molecular flexibility index (Phi) is 3.01. The van der Waals surface area contributed by atoms with Crippen molar-refractivity contribution < 1.29 is 9.53 Å². The fourth-order valence-electron chi connectivity index (χ4n) is 2.37. The quantitative estimate of drug-likeness (QED) is 0.421. The van der Waals surface area contributed by atoms with Gasteiger partial charge in [-0.2, -0.15) is 0 Å². The highest BCUT2D eigenvalue weighted by Gasteiger charge is 2.11. The average molecular weight is 304 g/mol. The molecule has 6 heteroatoms. The molecule has 0 amide bonds. The van der Waals surface area contributed by atoms with Crippen LogP contribution in [0.3, 0.4) is 0 Å². The molecule has 2 aromatic carbocycles. The number of ether oxygens (including phenoxy) is 1. The van der Waals surface area contributed by atoms with E-state index < -0.39 is 5.97 Å². The lowest BCUT2D eigenvalue weighted by atomic mass is 10.2. The third-order valence-electron chi connectivity index (χ3n) is 3.60. The Morgan fingerprint density at radius 2 is 1.96 bits per heavy atom. The van der Waals surface area contributed by atoms with E-state index in [9.17, 15) is 4.79 Å². The highest BCUT2D eigenvalue weighted by molar-refractivity contribution is 5.95. The van der Waals surface area contributed by atoms with Crippen molar-refractivity contribution in [2.24, 2.45) is 0 Å². The maximum atomic E-state index is 12.3. The van der Waals surface area contributed by atoms with E-state index >= 15 is 0 Å². The lowest BCUT2D eigenvalue weighted by Gasteiger charge is -2.06. The minimum atomic E-state index is -0.416. The number of hydrogen-bond acceptors (Lipinski definition) is 5. The van der Waals surface area contributed by atoms with Crippen LogP contribution in [-0.4, -0.2) is 25.6 Å². The highest BCUT2D eigenvalue weighted by atomic mass is 16.5. The van der Waals surface area contributed by atoms with Gasteiger partial charge in [0, 0.05) is 0 Å². The SMILES string of the molecule is Cc1ccc(OC(=O)c2ccc3ncc4nncn4c3c2)cc1. The second-order valence-electron chi connectivity index (χ2n) is 5.22. The molecule has 0 saturated carbocycles. The number of aryl methyl sites for hydroxylation is 1. The molecule has 0 bridgehead atoms. The zero-order chi connectivity index (χ0) is 15.8. The number of nitrogens with zero attached hydrogens (tertiary/aromatic N) is 4. The number of hydrogen-bond donors (Lipinski definition) is 0. The smallest absolute Gasteiger partial charge is 0.343 e. The van der Waals surface area contributed by atoms with Crippen molar-refractivity contribution in [3.05, 3.63) is 66.1 Å². The van der Waals surface area contributed by atoms with E-state index in [1.54, 1.807) is 47.3 Å². The molecule has 0 fully saturated rings. The number of rotatable bonds is 2. The molecule has 0 aliphatic rings. The molecule has 0 N–H and O–H groups in total. The third kappa shape index (κ3) is 2.40. The fourth-order valence-corrected chi connectivity index (χ4v) is 2.37. The van der Waals surface area contributed by atoms with Gasteiger partial charge in [0.25, 0.3) is 0 Å². The number of esters is 1. The summed E-state index contributed by atoms with van der Waals surface area (Å²) in [7, 11) is 0. The van der Waals surface area contributed by atoms with Crippen molar-refractivity contribution >= 4 is 22.6 Å². The standard InChI is InChI=1S/C17H12N4O2/c1-11-2-5-13(6-3-11)23-17(22)12-4-7-14-15(8-12)21-10-19-20-16(21)9-18-14/h2-10H,1H3. The molecule has 0 aliphatic heterocycles. The van der Waals surface area contributed by atoms with Crippen molar-refractivity contribution in [3.63, 3.8) is 0 Å². The summed E-state index contributed by atoms with van der Waals surface area (Å²) >= 11 is 0. The molecular formula is C17H12N4O2. The first-order valence-corrected chi connectivity index (χ1v) is 7.08. The van der Waals surface area contributed by atoms with E-state index in [1.807, 2.05) is 19.1 Å². The number of fused-ring (bicyclic) bond motifs is 3. The summed E-state index contributed by atoms with van der Waals surface area (Å²) in [5.74, 6) is 0.0992. The van der Waals surface area contributed by atoms with Gasteiger partial charge in [-0.3, -0.25) is 9.38 Å². The fraction of sp³-hybridized carbons (Fsp3) is 0.0588. The monoisotopic (exact) mass is 304 g/mol. The van der Waals surface area contributed by atoms with Gasteiger partial charge in [-0.05, 0) is 37.3 Å². The van der Waals surface area contributed by atoms with Gasteiger partial charge in [0.05, 0.1) is 22.8 Å². The van der Waals surface area contributed by atoms with Crippen LogP contribution >= 0.6 is 0 Å². The Balaban J connectivity index is 1.73. The number of aromatic nitrogens is 4. The van der Waals surface area contributed by atoms with Crippen LogP contribution in [0, 0.1) is 6.92 Å². The van der Waals surface area contributed by atoms with Crippen LogP contribution in [-0.2, 0) is 0 Å². The first-order valence-electron chi connectivity index (χ1n) is 7.08.